The summed E-state index contributed by atoms with van der Waals surface area (Å²) in [5, 5.41) is 0.582. The number of halogens is 3. The Labute approximate surface area is 161 Å². The number of benzene rings is 2. The van der Waals surface area contributed by atoms with Gasteiger partial charge in [0.1, 0.15) is 0 Å². The molecule has 0 amide bonds. The molecule has 0 unspecified atom stereocenters. The van der Waals surface area contributed by atoms with E-state index in [0.29, 0.717) is 36.5 Å². The first-order chi connectivity index (χ1) is 12.8. The minimum Gasteiger partial charge on any atom is -0.371 e. The minimum atomic E-state index is -4.58. The van der Waals surface area contributed by atoms with Crippen molar-refractivity contribution < 1.29 is 22.0 Å². The van der Waals surface area contributed by atoms with E-state index >= 15 is 0 Å². The summed E-state index contributed by atoms with van der Waals surface area (Å²) in [7, 11) is -4.58. The maximum atomic E-state index is 12.6. The van der Waals surface area contributed by atoms with Crippen molar-refractivity contribution in [3.05, 3.63) is 59.1 Å². The topological polar surface area (TPSA) is 54.5 Å². The second kappa shape index (κ2) is 7.94. The van der Waals surface area contributed by atoms with Gasteiger partial charge in [-0.3, -0.25) is 4.79 Å². The van der Waals surface area contributed by atoms with Crippen LogP contribution in [0.15, 0.2) is 53.4 Å². The number of hydrogen-bond acceptors (Lipinski definition) is 4. The third-order valence-electron chi connectivity index (χ3n) is 4.76. The van der Waals surface area contributed by atoms with E-state index in [1.54, 1.807) is 24.3 Å². The molecule has 1 aliphatic rings. The molecular formula is C19H18ClF2NO3S. The standard InChI is InChI=1S/C19H18ClF2NO3S/c20-15-3-1-13(2-4-15)18(24)14-9-11-23(12-10-14)16-5-7-17(8-6-16)27(25,26)19(21)22/h1-8,14,19H,9-12H2. The van der Waals surface area contributed by atoms with Crippen molar-refractivity contribution in [1.82, 2.24) is 0 Å². The zero-order valence-electron chi connectivity index (χ0n) is 14.3. The van der Waals surface area contributed by atoms with Crippen LogP contribution in [0.25, 0.3) is 0 Å². The van der Waals surface area contributed by atoms with Crippen LogP contribution in [0.3, 0.4) is 0 Å². The van der Waals surface area contributed by atoms with Crippen LogP contribution in [0.2, 0.25) is 5.02 Å². The van der Waals surface area contributed by atoms with Crippen molar-refractivity contribution >= 4 is 32.9 Å². The third kappa shape index (κ3) is 4.30. The van der Waals surface area contributed by atoms with Crippen LogP contribution < -0.4 is 4.90 Å². The van der Waals surface area contributed by atoms with Crippen molar-refractivity contribution in [1.29, 1.82) is 0 Å². The average Bonchev–Trinajstić information content (AvgIpc) is 2.68. The Morgan fingerprint density at radius 1 is 1.00 bits per heavy atom. The Hall–Kier alpha value is -1.99. The van der Waals surface area contributed by atoms with Gasteiger partial charge in [0.15, 0.2) is 5.78 Å². The summed E-state index contributed by atoms with van der Waals surface area (Å²) in [6.07, 6.45) is 1.33. The molecule has 0 aromatic heterocycles. The summed E-state index contributed by atoms with van der Waals surface area (Å²) in [5.41, 5.74) is 1.39. The van der Waals surface area contributed by atoms with Gasteiger partial charge in [-0.05, 0) is 61.4 Å². The summed E-state index contributed by atoms with van der Waals surface area (Å²) in [4.78, 5) is 14.2. The predicted octanol–water partition coefficient (Wildman–Crippen LogP) is 4.44. The molecule has 27 heavy (non-hydrogen) atoms. The Morgan fingerprint density at radius 3 is 2.07 bits per heavy atom. The molecule has 144 valence electrons. The second-order valence-electron chi connectivity index (χ2n) is 6.43. The normalized spacial score (nSPS) is 15.9. The lowest BCUT2D eigenvalue weighted by Crippen LogP contribution is -2.36. The van der Waals surface area contributed by atoms with E-state index in [1.165, 1.54) is 24.3 Å². The van der Waals surface area contributed by atoms with Crippen LogP contribution in [0.5, 0.6) is 0 Å². The molecule has 0 radical (unpaired) electrons. The van der Waals surface area contributed by atoms with Crippen LogP contribution in [0, 0.1) is 5.92 Å². The molecular weight excluding hydrogens is 396 g/mol. The summed E-state index contributed by atoms with van der Waals surface area (Å²) >= 11 is 5.85. The van der Waals surface area contributed by atoms with Gasteiger partial charge < -0.3 is 4.90 Å². The van der Waals surface area contributed by atoms with Crippen LogP contribution in [-0.2, 0) is 9.84 Å². The van der Waals surface area contributed by atoms with Gasteiger partial charge >= 0.3 is 5.76 Å². The molecule has 4 nitrogen and oxygen atoms in total. The van der Waals surface area contributed by atoms with Crippen molar-refractivity contribution in [2.75, 3.05) is 18.0 Å². The molecule has 2 aromatic carbocycles. The molecule has 1 saturated heterocycles. The van der Waals surface area contributed by atoms with Crippen LogP contribution in [0.4, 0.5) is 14.5 Å². The highest BCUT2D eigenvalue weighted by Gasteiger charge is 2.28. The lowest BCUT2D eigenvalue weighted by atomic mass is 9.88. The molecule has 3 rings (SSSR count). The van der Waals surface area contributed by atoms with Gasteiger partial charge in [-0.25, -0.2) is 8.42 Å². The van der Waals surface area contributed by atoms with Crippen molar-refractivity contribution in [2.45, 2.75) is 23.5 Å². The molecule has 2 aromatic rings. The van der Waals surface area contributed by atoms with Gasteiger partial charge in [0.25, 0.3) is 0 Å². The SMILES string of the molecule is O=C(c1ccc(Cl)cc1)C1CCN(c2ccc(S(=O)(=O)C(F)F)cc2)CC1. The summed E-state index contributed by atoms with van der Waals surface area (Å²) in [6, 6.07) is 12.3. The first-order valence-corrected chi connectivity index (χ1v) is 10.4. The number of carbonyl (C=O) groups excluding carboxylic acids is 1. The molecule has 0 spiro atoms. The maximum Gasteiger partial charge on any atom is 0.341 e. The van der Waals surface area contributed by atoms with E-state index < -0.39 is 20.5 Å². The molecule has 1 aliphatic heterocycles. The number of Topliss-reactive ketones (excluding diaryl/α,β-unsaturated/α-hetero) is 1. The largest absolute Gasteiger partial charge is 0.371 e. The molecule has 0 N–H and O–H groups in total. The first kappa shape index (κ1) is 19.8. The van der Waals surface area contributed by atoms with Crippen molar-refractivity contribution in [3.8, 4) is 0 Å². The fourth-order valence-corrected chi connectivity index (χ4v) is 4.05. The van der Waals surface area contributed by atoms with Crippen molar-refractivity contribution in [3.63, 3.8) is 0 Å². The van der Waals surface area contributed by atoms with E-state index in [-0.39, 0.29) is 11.7 Å². The maximum absolute atomic E-state index is 12.6. The van der Waals surface area contributed by atoms with Gasteiger partial charge in [0, 0.05) is 35.3 Å². The van der Waals surface area contributed by atoms with Gasteiger partial charge in [-0.15, -0.1) is 0 Å². The zero-order chi connectivity index (χ0) is 19.6. The molecule has 0 atom stereocenters. The van der Waals surface area contributed by atoms with Gasteiger partial charge in [0.2, 0.25) is 9.84 Å². The van der Waals surface area contributed by atoms with E-state index in [0.717, 1.165) is 5.69 Å². The molecule has 1 fully saturated rings. The number of piperidine rings is 1. The minimum absolute atomic E-state index is 0.0825. The number of rotatable bonds is 5. The number of sulfone groups is 1. The Kier molecular flexibility index (Phi) is 5.81. The third-order valence-corrected chi connectivity index (χ3v) is 6.41. The van der Waals surface area contributed by atoms with Crippen LogP contribution in [0.1, 0.15) is 23.2 Å². The lowest BCUT2D eigenvalue weighted by molar-refractivity contribution is 0.0900. The van der Waals surface area contributed by atoms with Gasteiger partial charge in [0.05, 0.1) is 4.90 Å². The summed E-state index contributed by atoms with van der Waals surface area (Å²) in [5.74, 6) is -3.43. The Balaban J connectivity index is 1.64. The van der Waals surface area contributed by atoms with Crippen molar-refractivity contribution in [2.24, 2.45) is 5.92 Å². The fraction of sp³-hybridized carbons (Fsp3) is 0.316. The van der Waals surface area contributed by atoms with Gasteiger partial charge in [-0.1, -0.05) is 11.6 Å². The Morgan fingerprint density at radius 2 is 1.56 bits per heavy atom. The van der Waals surface area contributed by atoms with Crippen LogP contribution >= 0.6 is 11.6 Å². The predicted molar refractivity (Wildman–Crippen MR) is 100 cm³/mol. The van der Waals surface area contributed by atoms with E-state index in [1.807, 2.05) is 4.90 Å². The molecule has 0 saturated carbocycles. The highest BCUT2D eigenvalue weighted by atomic mass is 35.5. The number of hydrogen-bond donors (Lipinski definition) is 0. The molecule has 0 bridgehead atoms. The molecule has 0 aliphatic carbocycles. The summed E-state index contributed by atoms with van der Waals surface area (Å²) < 4.78 is 48.2. The number of anilines is 1. The number of nitrogens with zero attached hydrogens (tertiary/aromatic N) is 1. The smallest absolute Gasteiger partial charge is 0.341 e. The molecule has 8 heteroatoms. The second-order valence-corrected chi connectivity index (χ2v) is 8.79. The van der Waals surface area contributed by atoms with E-state index in [9.17, 15) is 22.0 Å². The number of ketones is 1. The number of carbonyl (C=O) groups is 1. The highest BCUT2D eigenvalue weighted by Crippen LogP contribution is 2.28. The lowest BCUT2D eigenvalue weighted by Gasteiger charge is -2.33. The molecule has 1 heterocycles. The summed E-state index contributed by atoms with van der Waals surface area (Å²) in [6.45, 7) is 1.26. The number of alkyl halides is 2. The van der Waals surface area contributed by atoms with Gasteiger partial charge in [-0.2, -0.15) is 8.78 Å². The van der Waals surface area contributed by atoms with E-state index in [4.69, 9.17) is 11.6 Å². The fourth-order valence-electron chi connectivity index (χ4n) is 3.20. The van der Waals surface area contributed by atoms with E-state index in [2.05, 4.69) is 0 Å². The first-order valence-electron chi connectivity index (χ1n) is 8.46. The Bertz CT molecular complexity index is 907. The average molecular weight is 414 g/mol. The zero-order valence-corrected chi connectivity index (χ0v) is 15.9. The quantitative estimate of drug-likeness (QED) is 0.680. The van der Waals surface area contributed by atoms with Crippen LogP contribution in [-0.4, -0.2) is 33.0 Å². The monoisotopic (exact) mass is 413 g/mol. The highest BCUT2D eigenvalue weighted by molar-refractivity contribution is 7.91.